The van der Waals surface area contributed by atoms with Crippen LogP contribution in [0.15, 0.2) is 42.5 Å². The summed E-state index contributed by atoms with van der Waals surface area (Å²) in [5.41, 5.74) is 1.00. The van der Waals surface area contributed by atoms with Gasteiger partial charge in [0.05, 0.1) is 6.54 Å². The summed E-state index contributed by atoms with van der Waals surface area (Å²) in [6.07, 6.45) is 1.01. The molecular formula is C17H22N2O. The highest BCUT2D eigenvalue weighted by Gasteiger charge is 2.03. The van der Waals surface area contributed by atoms with E-state index in [4.69, 9.17) is 0 Å². The monoisotopic (exact) mass is 270 g/mol. The van der Waals surface area contributed by atoms with Crippen molar-refractivity contribution in [1.29, 1.82) is 0 Å². The summed E-state index contributed by atoms with van der Waals surface area (Å²) in [5.74, 6) is 0.653. The zero-order chi connectivity index (χ0) is 14.4. The van der Waals surface area contributed by atoms with Gasteiger partial charge in [-0.05, 0) is 23.8 Å². The van der Waals surface area contributed by atoms with E-state index in [-0.39, 0.29) is 5.91 Å². The van der Waals surface area contributed by atoms with E-state index in [0.29, 0.717) is 12.5 Å². The van der Waals surface area contributed by atoms with Crippen molar-refractivity contribution < 1.29 is 4.79 Å². The molecule has 0 heterocycles. The number of amides is 1. The zero-order valence-corrected chi connectivity index (χ0v) is 12.1. The molecular weight excluding hydrogens is 248 g/mol. The highest BCUT2D eigenvalue weighted by atomic mass is 16.1. The lowest BCUT2D eigenvalue weighted by atomic mass is 10.1. The molecule has 0 unspecified atom stereocenters. The maximum absolute atomic E-state index is 11.8. The highest BCUT2D eigenvalue weighted by Crippen LogP contribution is 2.22. The minimum Gasteiger partial charge on any atom is -0.376 e. The number of carbonyl (C=O) groups is 1. The zero-order valence-electron chi connectivity index (χ0n) is 12.1. The third-order valence-corrected chi connectivity index (χ3v) is 3.27. The molecule has 106 valence electrons. The third kappa shape index (κ3) is 3.98. The molecule has 20 heavy (non-hydrogen) atoms. The molecule has 3 nitrogen and oxygen atoms in total. The maximum atomic E-state index is 11.8. The Morgan fingerprint density at radius 2 is 1.85 bits per heavy atom. The van der Waals surface area contributed by atoms with Crippen molar-refractivity contribution in [3.63, 3.8) is 0 Å². The molecule has 0 saturated carbocycles. The predicted octanol–water partition coefficient (Wildman–Crippen LogP) is 3.41. The van der Waals surface area contributed by atoms with Crippen LogP contribution in [0.3, 0.4) is 0 Å². The Morgan fingerprint density at radius 3 is 2.65 bits per heavy atom. The SMILES string of the molecule is CC(C)CCNC(=O)CNc1cccc2ccccc12. The van der Waals surface area contributed by atoms with Crippen LogP contribution in [-0.4, -0.2) is 19.0 Å². The van der Waals surface area contributed by atoms with E-state index in [1.54, 1.807) is 0 Å². The van der Waals surface area contributed by atoms with Crippen LogP contribution < -0.4 is 10.6 Å². The van der Waals surface area contributed by atoms with Crippen molar-refractivity contribution in [2.24, 2.45) is 5.92 Å². The van der Waals surface area contributed by atoms with Crippen molar-refractivity contribution in [2.45, 2.75) is 20.3 Å². The Hall–Kier alpha value is -2.03. The van der Waals surface area contributed by atoms with Gasteiger partial charge in [0.2, 0.25) is 5.91 Å². The third-order valence-electron chi connectivity index (χ3n) is 3.27. The van der Waals surface area contributed by atoms with Gasteiger partial charge in [0.1, 0.15) is 0 Å². The fourth-order valence-corrected chi connectivity index (χ4v) is 2.12. The second kappa shape index (κ2) is 6.94. The molecule has 2 N–H and O–H groups in total. The topological polar surface area (TPSA) is 41.1 Å². The van der Waals surface area contributed by atoms with Gasteiger partial charge in [-0.3, -0.25) is 4.79 Å². The van der Waals surface area contributed by atoms with E-state index >= 15 is 0 Å². The van der Waals surface area contributed by atoms with Crippen LogP contribution in [0.1, 0.15) is 20.3 Å². The van der Waals surface area contributed by atoms with Crippen LogP contribution in [0.4, 0.5) is 5.69 Å². The van der Waals surface area contributed by atoms with Crippen LogP contribution in [0.2, 0.25) is 0 Å². The van der Waals surface area contributed by atoms with Gasteiger partial charge in [-0.15, -0.1) is 0 Å². The minimum atomic E-state index is 0.0404. The number of hydrogen-bond acceptors (Lipinski definition) is 2. The summed E-state index contributed by atoms with van der Waals surface area (Å²) in [6, 6.07) is 14.2. The van der Waals surface area contributed by atoms with Crippen molar-refractivity contribution in [3.05, 3.63) is 42.5 Å². The fraction of sp³-hybridized carbons (Fsp3) is 0.353. The van der Waals surface area contributed by atoms with Gasteiger partial charge in [-0.25, -0.2) is 0 Å². The van der Waals surface area contributed by atoms with E-state index in [0.717, 1.165) is 24.0 Å². The number of carbonyl (C=O) groups excluding carboxylic acids is 1. The Balaban J connectivity index is 1.91. The Kier molecular flexibility index (Phi) is 4.99. The average molecular weight is 270 g/mol. The molecule has 0 bridgehead atoms. The molecule has 0 atom stereocenters. The first-order chi connectivity index (χ1) is 9.66. The average Bonchev–Trinajstić information content (AvgIpc) is 2.44. The van der Waals surface area contributed by atoms with Crippen LogP contribution in [0, 0.1) is 5.92 Å². The van der Waals surface area contributed by atoms with E-state index in [2.05, 4.69) is 42.7 Å². The van der Waals surface area contributed by atoms with Crippen LogP contribution in [0.5, 0.6) is 0 Å². The number of anilines is 1. The summed E-state index contributed by atoms with van der Waals surface area (Å²) in [6.45, 7) is 5.36. The molecule has 0 fully saturated rings. The molecule has 2 rings (SSSR count). The minimum absolute atomic E-state index is 0.0404. The van der Waals surface area contributed by atoms with Crippen LogP contribution in [-0.2, 0) is 4.79 Å². The summed E-state index contributed by atoms with van der Waals surface area (Å²) >= 11 is 0. The van der Waals surface area contributed by atoms with Gasteiger partial charge in [0.25, 0.3) is 0 Å². The molecule has 0 aromatic heterocycles. The number of fused-ring (bicyclic) bond motifs is 1. The second-order valence-corrected chi connectivity index (χ2v) is 5.41. The lowest BCUT2D eigenvalue weighted by molar-refractivity contribution is -0.119. The van der Waals surface area contributed by atoms with Crippen molar-refractivity contribution in [3.8, 4) is 0 Å². The van der Waals surface area contributed by atoms with Gasteiger partial charge in [0.15, 0.2) is 0 Å². The molecule has 1 amide bonds. The van der Waals surface area contributed by atoms with Crippen LogP contribution >= 0.6 is 0 Å². The van der Waals surface area contributed by atoms with E-state index < -0.39 is 0 Å². The number of nitrogens with one attached hydrogen (secondary N) is 2. The predicted molar refractivity (Wildman–Crippen MR) is 84.9 cm³/mol. The van der Waals surface area contributed by atoms with Gasteiger partial charge in [-0.1, -0.05) is 50.2 Å². The lowest BCUT2D eigenvalue weighted by Crippen LogP contribution is -2.31. The normalized spacial score (nSPS) is 10.8. The quantitative estimate of drug-likeness (QED) is 0.844. The summed E-state index contributed by atoms with van der Waals surface area (Å²) < 4.78 is 0. The largest absolute Gasteiger partial charge is 0.376 e. The van der Waals surface area contributed by atoms with Crippen molar-refractivity contribution in [2.75, 3.05) is 18.4 Å². The van der Waals surface area contributed by atoms with Gasteiger partial charge >= 0.3 is 0 Å². The molecule has 0 saturated heterocycles. The molecule has 0 aliphatic carbocycles. The summed E-state index contributed by atoms with van der Waals surface area (Å²) in [7, 11) is 0. The van der Waals surface area contributed by atoms with Crippen LogP contribution in [0.25, 0.3) is 10.8 Å². The maximum Gasteiger partial charge on any atom is 0.239 e. The second-order valence-electron chi connectivity index (χ2n) is 5.41. The number of hydrogen-bond donors (Lipinski definition) is 2. The van der Waals surface area contributed by atoms with Gasteiger partial charge < -0.3 is 10.6 Å². The fourth-order valence-electron chi connectivity index (χ4n) is 2.12. The smallest absolute Gasteiger partial charge is 0.239 e. The Bertz CT molecular complexity index is 573. The molecule has 0 aliphatic rings. The highest BCUT2D eigenvalue weighted by molar-refractivity contribution is 5.95. The molecule has 0 aliphatic heterocycles. The van der Waals surface area contributed by atoms with E-state index in [9.17, 15) is 4.79 Å². The number of benzene rings is 2. The molecule has 2 aromatic carbocycles. The van der Waals surface area contributed by atoms with E-state index in [1.807, 2.05) is 24.3 Å². The summed E-state index contributed by atoms with van der Waals surface area (Å²) in [5, 5.41) is 8.47. The molecule has 0 radical (unpaired) electrons. The Morgan fingerprint density at radius 1 is 1.10 bits per heavy atom. The Labute approximate surface area is 120 Å². The van der Waals surface area contributed by atoms with Gasteiger partial charge in [-0.2, -0.15) is 0 Å². The first kappa shape index (κ1) is 14.4. The molecule has 2 aromatic rings. The first-order valence-electron chi connectivity index (χ1n) is 7.15. The van der Waals surface area contributed by atoms with E-state index in [1.165, 1.54) is 5.39 Å². The molecule has 0 spiro atoms. The van der Waals surface area contributed by atoms with Crippen molar-refractivity contribution >= 4 is 22.4 Å². The number of rotatable bonds is 6. The van der Waals surface area contributed by atoms with Crippen molar-refractivity contribution in [1.82, 2.24) is 5.32 Å². The summed E-state index contributed by atoms with van der Waals surface area (Å²) in [4.78, 5) is 11.8. The standard InChI is InChI=1S/C17H22N2O/c1-13(2)10-11-18-17(20)12-19-16-9-5-7-14-6-3-4-8-15(14)16/h3-9,13,19H,10-12H2,1-2H3,(H,18,20). The lowest BCUT2D eigenvalue weighted by Gasteiger charge is -2.11. The molecule has 3 heteroatoms. The first-order valence-corrected chi connectivity index (χ1v) is 7.15. The van der Waals surface area contributed by atoms with Gasteiger partial charge in [0, 0.05) is 17.6 Å².